The molecule has 3 N–H and O–H groups in total. The minimum atomic E-state index is -0.0181. The van der Waals surface area contributed by atoms with Gasteiger partial charge in [-0.3, -0.25) is 16.0 Å². The minimum Gasteiger partial charge on any atom is -0.271 e. The molecule has 20 heavy (non-hydrogen) atoms. The molecular formula is C15H21ClN4. The monoisotopic (exact) mass is 292 g/mol. The fourth-order valence-electron chi connectivity index (χ4n) is 2.35. The zero-order valence-corrected chi connectivity index (χ0v) is 12.7. The van der Waals surface area contributed by atoms with Crippen molar-refractivity contribution in [1.29, 1.82) is 0 Å². The van der Waals surface area contributed by atoms with E-state index in [1.807, 2.05) is 28.9 Å². The first-order chi connectivity index (χ1) is 9.69. The van der Waals surface area contributed by atoms with Gasteiger partial charge >= 0.3 is 0 Å². The van der Waals surface area contributed by atoms with Crippen LogP contribution in [-0.4, -0.2) is 9.78 Å². The van der Waals surface area contributed by atoms with E-state index in [9.17, 15) is 0 Å². The van der Waals surface area contributed by atoms with Crippen molar-refractivity contribution in [3.63, 3.8) is 0 Å². The molecule has 0 aliphatic rings. The third kappa shape index (κ3) is 3.20. The number of rotatable bonds is 6. The molecule has 0 aliphatic heterocycles. The highest BCUT2D eigenvalue weighted by molar-refractivity contribution is 6.31. The Morgan fingerprint density at radius 1 is 1.35 bits per heavy atom. The number of hydrogen-bond donors (Lipinski definition) is 2. The number of aromatic nitrogens is 2. The maximum atomic E-state index is 6.25. The van der Waals surface area contributed by atoms with Crippen molar-refractivity contribution in [3.8, 4) is 0 Å². The Morgan fingerprint density at radius 3 is 2.70 bits per heavy atom. The predicted molar refractivity (Wildman–Crippen MR) is 82.5 cm³/mol. The lowest BCUT2D eigenvalue weighted by atomic mass is 10.0. The lowest BCUT2D eigenvalue weighted by Crippen LogP contribution is -2.30. The Labute approximate surface area is 124 Å². The predicted octanol–water partition coefficient (Wildman–Crippen LogP) is 2.87. The van der Waals surface area contributed by atoms with Gasteiger partial charge in [0.2, 0.25) is 0 Å². The SMILES string of the molecule is CCc1cc(CC(NN)c2ccccc2Cl)n(CC)n1. The third-order valence-corrected chi connectivity index (χ3v) is 3.81. The average Bonchev–Trinajstić information content (AvgIpc) is 2.88. The summed E-state index contributed by atoms with van der Waals surface area (Å²) in [7, 11) is 0. The Balaban J connectivity index is 2.26. The van der Waals surface area contributed by atoms with E-state index >= 15 is 0 Å². The second kappa shape index (κ2) is 6.88. The largest absolute Gasteiger partial charge is 0.271 e. The zero-order chi connectivity index (χ0) is 14.5. The summed E-state index contributed by atoms with van der Waals surface area (Å²) in [6, 6.07) is 9.90. The molecule has 1 unspecified atom stereocenters. The molecule has 5 heteroatoms. The van der Waals surface area contributed by atoms with Crippen LogP contribution in [0.2, 0.25) is 5.02 Å². The van der Waals surface area contributed by atoms with Crippen LogP contribution in [0.3, 0.4) is 0 Å². The van der Waals surface area contributed by atoms with Gasteiger partial charge in [0.25, 0.3) is 0 Å². The summed E-state index contributed by atoms with van der Waals surface area (Å²) < 4.78 is 2.03. The Hall–Kier alpha value is -1.36. The van der Waals surface area contributed by atoms with Gasteiger partial charge in [-0.25, -0.2) is 0 Å². The summed E-state index contributed by atoms with van der Waals surface area (Å²) in [6.45, 7) is 5.06. The van der Waals surface area contributed by atoms with E-state index in [0.29, 0.717) is 0 Å². The molecule has 1 atom stereocenters. The third-order valence-electron chi connectivity index (χ3n) is 3.47. The summed E-state index contributed by atoms with van der Waals surface area (Å²) in [5, 5.41) is 5.30. The number of hydrazine groups is 1. The van der Waals surface area contributed by atoms with Gasteiger partial charge in [-0.15, -0.1) is 0 Å². The molecule has 1 heterocycles. The van der Waals surface area contributed by atoms with Gasteiger partial charge in [0, 0.05) is 23.7 Å². The number of benzene rings is 1. The smallest absolute Gasteiger partial charge is 0.0624 e. The number of aryl methyl sites for hydroxylation is 2. The van der Waals surface area contributed by atoms with Crippen LogP contribution in [0.25, 0.3) is 0 Å². The van der Waals surface area contributed by atoms with Crippen molar-refractivity contribution in [2.24, 2.45) is 5.84 Å². The fraction of sp³-hybridized carbons (Fsp3) is 0.400. The second-order valence-corrected chi connectivity index (χ2v) is 5.15. The van der Waals surface area contributed by atoms with Gasteiger partial charge in [-0.1, -0.05) is 36.7 Å². The molecular weight excluding hydrogens is 272 g/mol. The van der Waals surface area contributed by atoms with Crippen molar-refractivity contribution < 1.29 is 0 Å². The van der Waals surface area contributed by atoms with Crippen LogP contribution in [0, 0.1) is 0 Å². The number of nitrogens with zero attached hydrogens (tertiary/aromatic N) is 2. The summed E-state index contributed by atoms with van der Waals surface area (Å²) in [5.74, 6) is 5.71. The van der Waals surface area contributed by atoms with Crippen molar-refractivity contribution in [2.75, 3.05) is 0 Å². The maximum Gasteiger partial charge on any atom is 0.0624 e. The Kier molecular flexibility index (Phi) is 5.17. The fourth-order valence-corrected chi connectivity index (χ4v) is 2.62. The average molecular weight is 293 g/mol. The van der Waals surface area contributed by atoms with Crippen LogP contribution in [0.1, 0.15) is 36.8 Å². The lowest BCUT2D eigenvalue weighted by molar-refractivity contribution is 0.516. The summed E-state index contributed by atoms with van der Waals surface area (Å²) >= 11 is 6.25. The van der Waals surface area contributed by atoms with Crippen LogP contribution in [-0.2, 0) is 19.4 Å². The maximum absolute atomic E-state index is 6.25. The molecule has 0 saturated heterocycles. The standard InChI is InChI=1S/C15H21ClN4/c1-3-11-9-12(20(4-2)19-11)10-15(18-17)13-7-5-6-8-14(13)16/h5-9,15,18H,3-4,10,17H2,1-2H3. The van der Waals surface area contributed by atoms with E-state index in [1.165, 1.54) is 5.69 Å². The topological polar surface area (TPSA) is 55.9 Å². The first kappa shape index (κ1) is 15.0. The van der Waals surface area contributed by atoms with Crippen LogP contribution < -0.4 is 11.3 Å². The number of nitrogens with two attached hydrogens (primary N) is 1. The molecule has 0 fully saturated rings. The molecule has 108 valence electrons. The van der Waals surface area contributed by atoms with Crippen molar-refractivity contribution in [2.45, 2.75) is 39.3 Å². The van der Waals surface area contributed by atoms with E-state index in [4.69, 9.17) is 17.4 Å². The molecule has 0 saturated carbocycles. The minimum absolute atomic E-state index is 0.0181. The summed E-state index contributed by atoms with van der Waals surface area (Å²) in [4.78, 5) is 0. The van der Waals surface area contributed by atoms with Crippen molar-refractivity contribution >= 4 is 11.6 Å². The Bertz CT molecular complexity index is 565. The first-order valence-corrected chi connectivity index (χ1v) is 7.33. The van der Waals surface area contributed by atoms with Gasteiger partial charge in [-0.2, -0.15) is 5.10 Å². The normalized spacial score (nSPS) is 12.6. The van der Waals surface area contributed by atoms with E-state index in [0.717, 1.165) is 35.7 Å². The lowest BCUT2D eigenvalue weighted by Gasteiger charge is -2.18. The van der Waals surface area contributed by atoms with Gasteiger partial charge in [-0.05, 0) is 31.0 Å². The molecule has 2 aromatic rings. The highest BCUT2D eigenvalue weighted by atomic mass is 35.5. The van der Waals surface area contributed by atoms with Crippen LogP contribution >= 0.6 is 11.6 Å². The van der Waals surface area contributed by atoms with Gasteiger partial charge < -0.3 is 0 Å². The summed E-state index contributed by atoms with van der Waals surface area (Å²) in [6.07, 6.45) is 1.70. The van der Waals surface area contributed by atoms with Crippen molar-refractivity contribution in [1.82, 2.24) is 15.2 Å². The molecule has 1 aromatic heterocycles. The molecule has 0 spiro atoms. The highest BCUT2D eigenvalue weighted by Crippen LogP contribution is 2.25. The van der Waals surface area contributed by atoms with Crippen LogP contribution in [0.5, 0.6) is 0 Å². The van der Waals surface area contributed by atoms with Gasteiger partial charge in [0.15, 0.2) is 0 Å². The highest BCUT2D eigenvalue weighted by Gasteiger charge is 2.16. The van der Waals surface area contributed by atoms with E-state index < -0.39 is 0 Å². The van der Waals surface area contributed by atoms with Crippen LogP contribution in [0.4, 0.5) is 0 Å². The van der Waals surface area contributed by atoms with Crippen molar-refractivity contribution in [3.05, 3.63) is 52.3 Å². The number of hydrogen-bond acceptors (Lipinski definition) is 3. The quantitative estimate of drug-likeness (QED) is 0.636. The molecule has 0 radical (unpaired) electrons. The molecule has 1 aromatic carbocycles. The zero-order valence-electron chi connectivity index (χ0n) is 11.9. The Morgan fingerprint density at radius 2 is 2.10 bits per heavy atom. The molecule has 4 nitrogen and oxygen atoms in total. The number of nitrogens with one attached hydrogen (secondary N) is 1. The van der Waals surface area contributed by atoms with Gasteiger partial charge in [0.05, 0.1) is 11.7 Å². The molecule has 0 amide bonds. The van der Waals surface area contributed by atoms with E-state index in [1.54, 1.807) is 0 Å². The number of halogens is 1. The molecule has 0 aliphatic carbocycles. The molecule has 2 rings (SSSR count). The first-order valence-electron chi connectivity index (χ1n) is 6.95. The second-order valence-electron chi connectivity index (χ2n) is 4.74. The van der Waals surface area contributed by atoms with E-state index in [-0.39, 0.29) is 6.04 Å². The van der Waals surface area contributed by atoms with Crippen LogP contribution in [0.15, 0.2) is 30.3 Å². The van der Waals surface area contributed by atoms with E-state index in [2.05, 4.69) is 30.4 Å². The summed E-state index contributed by atoms with van der Waals surface area (Å²) in [5.41, 5.74) is 6.15. The molecule has 0 bridgehead atoms. The van der Waals surface area contributed by atoms with Gasteiger partial charge in [0.1, 0.15) is 0 Å².